The van der Waals surface area contributed by atoms with E-state index in [4.69, 9.17) is 42.1 Å². The van der Waals surface area contributed by atoms with E-state index in [1.807, 2.05) is 0 Å². The quantitative estimate of drug-likeness (QED) is 0.0603. The molecule has 12 N–H and O–H groups in total. The largest absolute Gasteiger partial charge is 0.479 e. The molecule has 358 valence electrons. The van der Waals surface area contributed by atoms with Crippen molar-refractivity contribution in [2.75, 3.05) is 20.3 Å². The van der Waals surface area contributed by atoms with E-state index in [0.29, 0.717) is 0 Å². The van der Waals surface area contributed by atoms with E-state index in [9.17, 15) is 86.0 Å². The standard InChI is InChI=1S/C30H48N2O28S2/c1-7-14(37)15(38)22(24(52-7)26(41)42)56-29-13(32-9(3)36)21(19(11(6-34)54-29)60-62(48,49)50)55-30-17(40)16(39)23(25(58-30)27(43)44)57-28-12(31-8(2)35)20(51-4)18(10(5-33)53-28)59-61(45,46)47/h7,10-25,28-30,33-34,37-40H,5-6H2,1-4H3,(H,31,35)(H,32,36)(H,41,42)(H,43,44)(H,45,46,47)(H,48,49,50). The van der Waals surface area contributed by atoms with Gasteiger partial charge in [0, 0.05) is 21.0 Å². The van der Waals surface area contributed by atoms with Crippen molar-refractivity contribution in [3.05, 3.63) is 0 Å². The summed E-state index contributed by atoms with van der Waals surface area (Å²) in [5.74, 6) is -5.60. The maximum atomic E-state index is 12.7. The number of carbonyl (C=O) groups excluding carboxylic acids is 2. The first kappa shape index (κ1) is 51.7. The van der Waals surface area contributed by atoms with Gasteiger partial charge in [0.25, 0.3) is 0 Å². The van der Waals surface area contributed by atoms with Gasteiger partial charge in [-0.3, -0.25) is 18.7 Å². The molecule has 4 aliphatic rings. The summed E-state index contributed by atoms with van der Waals surface area (Å²) < 4.78 is 120. The molecule has 0 bridgehead atoms. The molecule has 4 aliphatic heterocycles. The maximum Gasteiger partial charge on any atom is 0.397 e. The summed E-state index contributed by atoms with van der Waals surface area (Å²) in [7, 11) is -9.90. The average Bonchev–Trinajstić information content (AvgIpc) is 3.15. The Balaban J connectivity index is 1.73. The average molecular weight is 949 g/mol. The second-order valence-corrected chi connectivity index (χ2v) is 16.3. The van der Waals surface area contributed by atoms with Gasteiger partial charge >= 0.3 is 32.7 Å². The van der Waals surface area contributed by atoms with Crippen molar-refractivity contribution in [2.45, 2.75) is 143 Å². The zero-order valence-electron chi connectivity index (χ0n) is 32.6. The molecule has 4 rings (SSSR count). The number of carboxylic acids is 2. The summed E-state index contributed by atoms with van der Waals surface area (Å²) in [5, 5.41) is 88.8. The highest BCUT2D eigenvalue weighted by Crippen LogP contribution is 2.36. The van der Waals surface area contributed by atoms with Crippen molar-refractivity contribution < 1.29 is 132 Å². The van der Waals surface area contributed by atoms with Crippen LogP contribution in [0.25, 0.3) is 0 Å². The molecule has 4 saturated heterocycles. The van der Waals surface area contributed by atoms with Crippen LogP contribution in [-0.2, 0) is 86.2 Å². The fourth-order valence-electron chi connectivity index (χ4n) is 7.22. The third kappa shape index (κ3) is 12.2. The smallest absolute Gasteiger partial charge is 0.397 e. The lowest BCUT2D eigenvalue weighted by atomic mass is 9.93. The number of amides is 2. The normalized spacial score (nSPS) is 41.8. The highest BCUT2D eigenvalue weighted by molar-refractivity contribution is 7.81. The van der Waals surface area contributed by atoms with Gasteiger partial charge in [0.15, 0.2) is 31.1 Å². The van der Waals surface area contributed by atoms with Crippen LogP contribution in [0.3, 0.4) is 0 Å². The SMILES string of the molecule is COC1C(NC(C)=O)C(OC2C(C(=O)O)OC(OC3C(NC(C)=O)C(OC4C(C(=O)O)OC(C)C(O)C4O)OC(CO)C3OS(=O)(=O)O)C(O)C2O)OC(CO)C1OS(=O)(=O)O. The molecule has 30 nitrogen and oxygen atoms in total. The van der Waals surface area contributed by atoms with Gasteiger partial charge in [-0.05, 0) is 6.92 Å². The second-order valence-electron chi connectivity index (χ2n) is 14.2. The van der Waals surface area contributed by atoms with Crippen LogP contribution in [-0.4, -0.2) is 233 Å². The summed E-state index contributed by atoms with van der Waals surface area (Å²) >= 11 is 0. The lowest BCUT2D eigenvalue weighted by Crippen LogP contribution is -2.71. The molecule has 0 aromatic heterocycles. The van der Waals surface area contributed by atoms with Crippen molar-refractivity contribution in [2.24, 2.45) is 0 Å². The topological polar surface area (TPSA) is 455 Å². The molecule has 4 fully saturated rings. The van der Waals surface area contributed by atoms with Crippen molar-refractivity contribution in [1.82, 2.24) is 10.6 Å². The van der Waals surface area contributed by atoms with E-state index >= 15 is 0 Å². The molecule has 2 amide bonds. The third-order valence-electron chi connectivity index (χ3n) is 9.86. The highest BCUT2D eigenvalue weighted by Gasteiger charge is 2.59. The van der Waals surface area contributed by atoms with Crippen LogP contribution in [0, 0.1) is 0 Å². The van der Waals surface area contributed by atoms with Gasteiger partial charge in [0.2, 0.25) is 11.8 Å². The number of carboxylic acid groups (broad SMARTS) is 2. The lowest BCUT2D eigenvalue weighted by molar-refractivity contribution is -0.364. The van der Waals surface area contributed by atoms with Crippen molar-refractivity contribution in [3.63, 3.8) is 0 Å². The highest BCUT2D eigenvalue weighted by atomic mass is 32.3. The first-order chi connectivity index (χ1) is 28.7. The molecule has 0 aromatic carbocycles. The predicted molar refractivity (Wildman–Crippen MR) is 187 cm³/mol. The summed E-state index contributed by atoms with van der Waals surface area (Å²) in [6.45, 7) is 0.709. The summed E-state index contributed by atoms with van der Waals surface area (Å²) in [4.78, 5) is 49.6. The summed E-state index contributed by atoms with van der Waals surface area (Å²) in [6.07, 6.45) is -37.6. The van der Waals surface area contributed by atoms with Gasteiger partial charge in [-0.2, -0.15) is 16.8 Å². The molecular formula is C30H48N2O28S2. The van der Waals surface area contributed by atoms with E-state index in [-0.39, 0.29) is 0 Å². The predicted octanol–water partition coefficient (Wildman–Crippen LogP) is -7.90. The number of hydrogen-bond acceptors (Lipinski definition) is 24. The number of carbonyl (C=O) groups is 4. The Kier molecular flexibility index (Phi) is 17.4. The van der Waals surface area contributed by atoms with Crippen molar-refractivity contribution >= 4 is 44.6 Å². The number of methoxy groups -OCH3 is 1. The van der Waals surface area contributed by atoms with Crippen LogP contribution in [0.2, 0.25) is 0 Å². The first-order valence-electron chi connectivity index (χ1n) is 18.1. The molecule has 20 unspecified atom stereocenters. The number of aliphatic carboxylic acids is 2. The van der Waals surface area contributed by atoms with Gasteiger partial charge in [0.1, 0.15) is 85.3 Å². The Morgan fingerprint density at radius 1 is 0.565 bits per heavy atom. The number of hydrogen-bond donors (Lipinski definition) is 12. The monoisotopic (exact) mass is 948 g/mol. The van der Waals surface area contributed by atoms with Gasteiger partial charge in [-0.25, -0.2) is 18.0 Å². The molecule has 0 spiro atoms. The van der Waals surface area contributed by atoms with Crippen molar-refractivity contribution in [3.8, 4) is 0 Å². The third-order valence-corrected chi connectivity index (χ3v) is 10.8. The number of ether oxygens (including phenoxy) is 8. The minimum atomic E-state index is -5.58. The maximum absolute atomic E-state index is 12.7. The summed E-state index contributed by atoms with van der Waals surface area (Å²) in [5.41, 5.74) is 0. The Labute approximate surface area is 350 Å². The van der Waals surface area contributed by atoms with Gasteiger partial charge in [-0.1, -0.05) is 0 Å². The zero-order chi connectivity index (χ0) is 46.8. The molecule has 0 radical (unpaired) electrons. The molecule has 62 heavy (non-hydrogen) atoms. The van der Waals surface area contributed by atoms with Gasteiger partial charge in [0.05, 0.1) is 19.3 Å². The number of aliphatic hydroxyl groups excluding tert-OH is 6. The minimum absolute atomic E-state index is 0.865. The van der Waals surface area contributed by atoms with Gasteiger partial charge in [-0.15, -0.1) is 0 Å². The zero-order valence-corrected chi connectivity index (χ0v) is 34.2. The molecule has 0 saturated carbocycles. The Bertz CT molecular complexity index is 1810. The Hall–Kier alpha value is -2.94. The van der Waals surface area contributed by atoms with Crippen LogP contribution >= 0.6 is 0 Å². The van der Waals surface area contributed by atoms with E-state index < -0.39 is 180 Å². The fraction of sp³-hybridized carbons (Fsp3) is 0.867. The molecule has 0 aromatic rings. The van der Waals surface area contributed by atoms with Crippen LogP contribution in [0.1, 0.15) is 20.8 Å². The van der Waals surface area contributed by atoms with Gasteiger partial charge < -0.3 is 89.4 Å². The summed E-state index contributed by atoms with van der Waals surface area (Å²) in [6, 6.07) is -3.75. The molecule has 20 atom stereocenters. The van der Waals surface area contributed by atoms with Crippen molar-refractivity contribution in [1.29, 1.82) is 0 Å². The molecule has 32 heteroatoms. The van der Waals surface area contributed by atoms with Crippen LogP contribution in [0.4, 0.5) is 0 Å². The Morgan fingerprint density at radius 3 is 1.34 bits per heavy atom. The molecular weight excluding hydrogens is 900 g/mol. The first-order valence-corrected chi connectivity index (χ1v) is 20.8. The lowest BCUT2D eigenvalue weighted by Gasteiger charge is -2.50. The van der Waals surface area contributed by atoms with Crippen LogP contribution in [0.15, 0.2) is 0 Å². The molecule has 4 heterocycles. The van der Waals surface area contributed by atoms with Crippen LogP contribution in [0.5, 0.6) is 0 Å². The minimum Gasteiger partial charge on any atom is -0.479 e. The van der Waals surface area contributed by atoms with E-state index in [1.165, 1.54) is 6.92 Å². The van der Waals surface area contributed by atoms with E-state index in [0.717, 1.165) is 21.0 Å². The van der Waals surface area contributed by atoms with Crippen LogP contribution < -0.4 is 10.6 Å². The van der Waals surface area contributed by atoms with E-state index in [2.05, 4.69) is 14.8 Å². The molecule has 0 aliphatic carbocycles. The fourth-order valence-corrected chi connectivity index (χ4v) is 8.25. The number of nitrogens with one attached hydrogen (secondary N) is 2. The second kappa shape index (κ2) is 20.9. The Morgan fingerprint density at radius 2 is 0.952 bits per heavy atom. The number of aliphatic hydroxyl groups is 6. The van der Waals surface area contributed by atoms with E-state index in [1.54, 1.807) is 0 Å². The number of rotatable bonds is 17.